The first kappa shape index (κ1) is 30.2. The van der Waals surface area contributed by atoms with Crippen LogP contribution in [0.2, 0.25) is 0 Å². The molecule has 6 rings (SSSR count). The summed E-state index contributed by atoms with van der Waals surface area (Å²) >= 11 is 0. The summed E-state index contributed by atoms with van der Waals surface area (Å²) in [5.74, 6) is 0.154. The second kappa shape index (κ2) is 11.9. The molecule has 0 bridgehead atoms. The van der Waals surface area contributed by atoms with Gasteiger partial charge in [0.1, 0.15) is 17.9 Å². The lowest BCUT2D eigenvalue weighted by Crippen LogP contribution is -2.62. The predicted molar refractivity (Wildman–Crippen MR) is 159 cm³/mol. The molecule has 10 nitrogen and oxygen atoms in total. The van der Waals surface area contributed by atoms with E-state index >= 15 is 0 Å². The lowest BCUT2D eigenvalue weighted by atomic mass is 9.71. The average molecular weight is 598 g/mol. The summed E-state index contributed by atoms with van der Waals surface area (Å²) in [6, 6.07) is 3.99. The molecular weight excluding hydrogens is 553 g/mol. The molecular formula is C32H44FN5O5. The second-order valence-corrected chi connectivity index (χ2v) is 13.1. The molecule has 1 aromatic heterocycles. The number of β-amino-alcohol motifs (C(OH)–C–C–N with tert-alkyl or cyclic N) is 1. The van der Waals surface area contributed by atoms with Gasteiger partial charge in [-0.25, -0.2) is 14.4 Å². The quantitative estimate of drug-likeness (QED) is 0.479. The van der Waals surface area contributed by atoms with E-state index < -0.39 is 17.2 Å². The summed E-state index contributed by atoms with van der Waals surface area (Å²) in [6.07, 6.45) is 8.11. The van der Waals surface area contributed by atoms with Crippen molar-refractivity contribution in [2.24, 2.45) is 5.41 Å². The molecule has 3 aliphatic heterocycles. The highest BCUT2D eigenvalue weighted by atomic mass is 19.1. The van der Waals surface area contributed by atoms with Gasteiger partial charge in [-0.15, -0.1) is 0 Å². The third kappa shape index (κ3) is 6.22. The van der Waals surface area contributed by atoms with E-state index in [0.717, 1.165) is 51.9 Å². The first-order valence-corrected chi connectivity index (χ1v) is 15.7. The van der Waals surface area contributed by atoms with Crippen LogP contribution in [0.3, 0.4) is 0 Å². The smallest absolute Gasteiger partial charge is 0.257 e. The molecule has 0 radical (unpaired) electrons. The van der Waals surface area contributed by atoms with Crippen LogP contribution in [0.4, 0.5) is 10.2 Å². The van der Waals surface area contributed by atoms with E-state index in [2.05, 4.69) is 19.8 Å². The fourth-order valence-corrected chi connectivity index (χ4v) is 7.27. The van der Waals surface area contributed by atoms with Crippen molar-refractivity contribution in [1.82, 2.24) is 19.8 Å². The number of likely N-dealkylation sites (tertiary alicyclic amines) is 1. The van der Waals surface area contributed by atoms with Crippen LogP contribution in [0.15, 0.2) is 30.7 Å². The van der Waals surface area contributed by atoms with Gasteiger partial charge in [0.25, 0.3) is 5.91 Å². The molecule has 1 N–H and O–H groups in total. The zero-order valence-electron chi connectivity index (χ0n) is 25.6. The van der Waals surface area contributed by atoms with Crippen LogP contribution in [-0.2, 0) is 9.47 Å². The first-order chi connectivity index (χ1) is 20.6. The summed E-state index contributed by atoms with van der Waals surface area (Å²) in [4.78, 5) is 28.3. The Bertz CT molecular complexity index is 1290. The van der Waals surface area contributed by atoms with Gasteiger partial charge in [-0.1, -0.05) is 0 Å². The van der Waals surface area contributed by atoms with E-state index in [1.165, 1.54) is 24.5 Å². The molecule has 43 heavy (non-hydrogen) atoms. The van der Waals surface area contributed by atoms with E-state index in [-0.39, 0.29) is 28.7 Å². The molecule has 1 amide bonds. The third-order valence-electron chi connectivity index (χ3n) is 9.82. The number of carbonyl (C=O) groups excluding carboxylic acids is 1. The van der Waals surface area contributed by atoms with Gasteiger partial charge in [0.15, 0.2) is 17.4 Å². The van der Waals surface area contributed by atoms with E-state index in [1.807, 2.05) is 20.8 Å². The van der Waals surface area contributed by atoms with Crippen molar-refractivity contribution in [3.63, 3.8) is 0 Å². The van der Waals surface area contributed by atoms with Crippen LogP contribution in [0.25, 0.3) is 0 Å². The normalized spacial score (nSPS) is 22.6. The molecule has 1 saturated carbocycles. The van der Waals surface area contributed by atoms with Crippen molar-refractivity contribution in [3.05, 3.63) is 42.1 Å². The van der Waals surface area contributed by atoms with Gasteiger partial charge in [0.2, 0.25) is 0 Å². The molecule has 2 spiro atoms. The van der Waals surface area contributed by atoms with E-state index in [9.17, 15) is 14.3 Å². The van der Waals surface area contributed by atoms with E-state index in [4.69, 9.17) is 14.2 Å². The van der Waals surface area contributed by atoms with Crippen molar-refractivity contribution >= 4 is 11.7 Å². The van der Waals surface area contributed by atoms with Crippen molar-refractivity contribution < 1.29 is 28.5 Å². The van der Waals surface area contributed by atoms with Crippen molar-refractivity contribution in [2.75, 3.05) is 57.4 Å². The Balaban J connectivity index is 1.07. The zero-order valence-corrected chi connectivity index (χ0v) is 25.6. The molecule has 234 valence electrons. The maximum absolute atomic E-state index is 14.2. The van der Waals surface area contributed by atoms with Crippen molar-refractivity contribution in [2.45, 2.75) is 76.7 Å². The minimum absolute atomic E-state index is 0.0354. The SMILES string of the molecule is CCN(C(=O)c1cc(F)ccc1Oc1cncnc1N1CC2(CCN(CC3(O)CCC4(CC3)OCCO4)CC2)C1)C(C)C. The third-order valence-corrected chi connectivity index (χ3v) is 9.82. The van der Waals surface area contributed by atoms with Crippen molar-refractivity contribution in [3.8, 4) is 11.5 Å². The van der Waals surface area contributed by atoms with Crippen LogP contribution in [0, 0.1) is 11.2 Å². The van der Waals surface area contributed by atoms with Gasteiger partial charge in [0.05, 0.1) is 30.6 Å². The van der Waals surface area contributed by atoms with Gasteiger partial charge in [-0.3, -0.25) is 4.79 Å². The lowest BCUT2D eigenvalue weighted by Gasteiger charge is -2.55. The number of aromatic nitrogens is 2. The zero-order chi connectivity index (χ0) is 30.2. The van der Waals surface area contributed by atoms with Crippen molar-refractivity contribution in [1.29, 1.82) is 0 Å². The summed E-state index contributed by atoms with van der Waals surface area (Å²) in [7, 11) is 0. The maximum atomic E-state index is 14.2. The molecule has 4 fully saturated rings. The average Bonchev–Trinajstić information content (AvgIpc) is 3.44. The number of anilines is 1. The summed E-state index contributed by atoms with van der Waals surface area (Å²) < 4.78 is 32.2. The number of carbonyl (C=O) groups is 1. The molecule has 1 aromatic carbocycles. The monoisotopic (exact) mass is 597 g/mol. The maximum Gasteiger partial charge on any atom is 0.257 e. The standard InChI is InChI=1S/C32H44FN5O5/c1-4-38(23(2)3)29(39)25-17-24(33)5-6-26(25)43-27-18-34-22-35-28(27)37-19-30(20-37)11-13-36(14-12-30)21-31(40)7-9-32(10-8-31)41-15-16-42-32/h5-6,17-18,22-23,40H,4,7-16,19-21H2,1-3H3. The van der Waals surface area contributed by atoms with E-state index in [1.54, 1.807) is 11.1 Å². The van der Waals surface area contributed by atoms with Gasteiger partial charge >= 0.3 is 0 Å². The predicted octanol–water partition coefficient (Wildman–Crippen LogP) is 4.23. The molecule has 2 aromatic rings. The van der Waals surface area contributed by atoms with Crippen LogP contribution in [-0.4, -0.2) is 101 Å². The fraction of sp³-hybridized carbons (Fsp3) is 0.656. The summed E-state index contributed by atoms with van der Waals surface area (Å²) in [6.45, 7) is 11.9. The van der Waals surface area contributed by atoms with Gasteiger partial charge in [-0.05, 0) is 77.7 Å². The number of nitrogens with zero attached hydrogens (tertiary/aromatic N) is 5. The Morgan fingerprint density at radius 3 is 2.44 bits per heavy atom. The number of amides is 1. The van der Waals surface area contributed by atoms with Crippen LogP contribution in [0.5, 0.6) is 11.5 Å². The number of hydrogen-bond acceptors (Lipinski definition) is 9. The first-order valence-electron chi connectivity index (χ1n) is 15.7. The van der Waals surface area contributed by atoms with Crippen LogP contribution in [0.1, 0.15) is 69.7 Å². The molecule has 11 heteroatoms. The summed E-state index contributed by atoms with van der Waals surface area (Å²) in [5, 5.41) is 11.3. The number of ether oxygens (including phenoxy) is 3. The number of benzene rings is 1. The largest absolute Gasteiger partial charge is 0.451 e. The summed E-state index contributed by atoms with van der Waals surface area (Å²) in [5.41, 5.74) is -0.316. The number of piperidine rings is 1. The van der Waals surface area contributed by atoms with Gasteiger partial charge in [-0.2, -0.15) is 0 Å². The minimum atomic E-state index is -0.687. The fourth-order valence-electron chi connectivity index (χ4n) is 7.27. The highest BCUT2D eigenvalue weighted by Gasteiger charge is 2.49. The Kier molecular flexibility index (Phi) is 8.36. The highest BCUT2D eigenvalue weighted by molar-refractivity contribution is 5.97. The Labute approximate surface area is 253 Å². The molecule has 4 aliphatic rings. The highest BCUT2D eigenvalue weighted by Crippen LogP contribution is 2.46. The molecule has 4 heterocycles. The Morgan fingerprint density at radius 1 is 1.09 bits per heavy atom. The van der Waals surface area contributed by atoms with Gasteiger partial charge in [0, 0.05) is 50.5 Å². The van der Waals surface area contributed by atoms with E-state index in [0.29, 0.717) is 50.7 Å². The van der Waals surface area contributed by atoms with Gasteiger partial charge < -0.3 is 34.0 Å². The van der Waals surface area contributed by atoms with Crippen LogP contribution >= 0.6 is 0 Å². The Morgan fingerprint density at radius 2 is 1.79 bits per heavy atom. The molecule has 3 saturated heterocycles. The molecule has 0 atom stereocenters. The number of rotatable bonds is 8. The minimum Gasteiger partial charge on any atom is -0.451 e. The number of hydrogen-bond donors (Lipinski definition) is 1. The molecule has 0 unspecified atom stereocenters. The molecule has 1 aliphatic carbocycles. The number of aliphatic hydroxyl groups is 1. The second-order valence-electron chi connectivity index (χ2n) is 13.1. The lowest BCUT2D eigenvalue weighted by molar-refractivity contribution is -0.205. The number of halogens is 1. The topological polar surface area (TPSA) is 100 Å². The Hall–Kier alpha value is -2.86. The van der Waals surface area contributed by atoms with Crippen LogP contribution < -0.4 is 9.64 Å².